The van der Waals surface area contributed by atoms with Gasteiger partial charge in [0.2, 0.25) is 0 Å². The molecule has 2 N–H and O–H groups in total. The van der Waals surface area contributed by atoms with Crippen LogP contribution in [0.5, 0.6) is 0 Å². The smallest absolute Gasteiger partial charge is 0.274 e. The molecule has 2 aromatic rings. The summed E-state index contributed by atoms with van der Waals surface area (Å²) >= 11 is 0. The van der Waals surface area contributed by atoms with Crippen LogP contribution in [-0.2, 0) is 4.84 Å². The molecule has 0 aliphatic heterocycles. The third kappa shape index (κ3) is 2.82. The second-order valence-corrected chi connectivity index (χ2v) is 4.78. The van der Waals surface area contributed by atoms with Gasteiger partial charge in [0.15, 0.2) is 0 Å². The third-order valence-corrected chi connectivity index (χ3v) is 2.13. The lowest BCUT2D eigenvalue weighted by atomic mass is 10.2. The van der Waals surface area contributed by atoms with Crippen molar-refractivity contribution in [2.24, 2.45) is 0 Å². The number of carbonyl (C=O) groups is 1. The van der Waals surface area contributed by atoms with Gasteiger partial charge in [0.25, 0.3) is 5.91 Å². The molecule has 0 saturated carbocycles. The summed E-state index contributed by atoms with van der Waals surface area (Å²) in [5.41, 5.74) is 4.21. The van der Waals surface area contributed by atoms with E-state index in [9.17, 15) is 4.79 Å². The predicted octanol–water partition coefficient (Wildman–Crippen LogP) is 2.02. The first kappa shape index (κ1) is 11.6. The molecule has 0 aliphatic carbocycles. The summed E-state index contributed by atoms with van der Waals surface area (Å²) in [6.07, 6.45) is 1.60. The number of H-pyrrole nitrogens is 1. The van der Waals surface area contributed by atoms with E-state index in [0.29, 0.717) is 5.56 Å². The zero-order valence-electron chi connectivity index (χ0n) is 10.1. The largest absolute Gasteiger partial charge is 0.345 e. The van der Waals surface area contributed by atoms with Gasteiger partial charge in [-0.05, 0) is 39.0 Å². The van der Waals surface area contributed by atoms with Crippen LogP contribution in [0, 0.1) is 0 Å². The quantitative estimate of drug-likeness (QED) is 0.780. The zero-order chi connectivity index (χ0) is 12.5. The van der Waals surface area contributed by atoms with Crippen molar-refractivity contribution in [3.05, 3.63) is 30.1 Å². The second kappa shape index (κ2) is 4.18. The zero-order valence-corrected chi connectivity index (χ0v) is 10.1. The summed E-state index contributed by atoms with van der Waals surface area (Å²) in [5, 5.41) is 0. The summed E-state index contributed by atoms with van der Waals surface area (Å²) in [5.74, 6) is -0.267. The normalized spacial score (nSPS) is 11.7. The SMILES string of the molecule is CC(C)(C)ONC(=O)c1ccc2nc[nH]c2c1. The van der Waals surface area contributed by atoms with Crippen LogP contribution in [0.3, 0.4) is 0 Å². The molecule has 90 valence electrons. The maximum atomic E-state index is 11.8. The topological polar surface area (TPSA) is 67.0 Å². The molecule has 2 rings (SSSR count). The molecule has 0 radical (unpaired) electrons. The van der Waals surface area contributed by atoms with Crippen LogP contribution in [0.25, 0.3) is 11.0 Å². The molecule has 5 nitrogen and oxygen atoms in total. The molecular formula is C12H15N3O2. The van der Waals surface area contributed by atoms with Crippen molar-refractivity contribution in [3.8, 4) is 0 Å². The number of imidazole rings is 1. The fraction of sp³-hybridized carbons (Fsp3) is 0.333. The van der Waals surface area contributed by atoms with Crippen LogP contribution in [-0.4, -0.2) is 21.5 Å². The van der Waals surface area contributed by atoms with Gasteiger partial charge in [0.1, 0.15) is 0 Å². The Morgan fingerprint density at radius 1 is 1.41 bits per heavy atom. The van der Waals surface area contributed by atoms with Crippen molar-refractivity contribution in [1.82, 2.24) is 15.4 Å². The van der Waals surface area contributed by atoms with Gasteiger partial charge in [-0.2, -0.15) is 0 Å². The molecule has 0 aliphatic rings. The first-order valence-corrected chi connectivity index (χ1v) is 5.37. The Labute approximate surface area is 99.1 Å². The number of nitrogens with zero attached hydrogens (tertiary/aromatic N) is 1. The number of hydrogen-bond acceptors (Lipinski definition) is 3. The lowest BCUT2D eigenvalue weighted by molar-refractivity contribution is -0.0589. The van der Waals surface area contributed by atoms with Gasteiger partial charge in [0.05, 0.1) is 23.0 Å². The van der Waals surface area contributed by atoms with Crippen molar-refractivity contribution in [2.75, 3.05) is 0 Å². The number of rotatable bonds is 2. The van der Waals surface area contributed by atoms with E-state index in [2.05, 4.69) is 15.4 Å². The molecule has 0 fully saturated rings. The summed E-state index contributed by atoms with van der Waals surface area (Å²) in [6, 6.07) is 5.24. The average Bonchev–Trinajstić information content (AvgIpc) is 2.71. The monoisotopic (exact) mass is 233 g/mol. The van der Waals surface area contributed by atoms with Gasteiger partial charge in [0, 0.05) is 5.56 Å². The van der Waals surface area contributed by atoms with E-state index < -0.39 is 5.60 Å². The summed E-state index contributed by atoms with van der Waals surface area (Å²) in [4.78, 5) is 24.0. The van der Waals surface area contributed by atoms with Gasteiger partial charge in [-0.1, -0.05) is 0 Å². The number of aromatic nitrogens is 2. The average molecular weight is 233 g/mol. The molecule has 0 saturated heterocycles. The van der Waals surface area contributed by atoms with Gasteiger partial charge in [-0.25, -0.2) is 10.5 Å². The maximum Gasteiger partial charge on any atom is 0.274 e. The van der Waals surface area contributed by atoms with E-state index in [1.807, 2.05) is 20.8 Å². The van der Waals surface area contributed by atoms with E-state index in [1.165, 1.54) is 0 Å². The van der Waals surface area contributed by atoms with Crippen molar-refractivity contribution in [1.29, 1.82) is 0 Å². The van der Waals surface area contributed by atoms with Crippen LogP contribution >= 0.6 is 0 Å². The van der Waals surface area contributed by atoms with Gasteiger partial charge < -0.3 is 4.98 Å². The first-order chi connectivity index (χ1) is 7.96. The summed E-state index contributed by atoms with van der Waals surface area (Å²) in [7, 11) is 0. The van der Waals surface area contributed by atoms with Crippen molar-refractivity contribution in [3.63, 3.8) is 0 Å². The third-order valence-electron chi connectivity index (χ3n) is 2.13. The minimum atomic E-state index is -0.409. The summed E-state index contributed by atoms with van der Waals surface area (Å²) < 4.78 is 0. The van der Waals surface area contributed by atoms with E-state index in [4.69, 9.17) is 4.84 Å². The molecule has 5 heteroatoms. The molecule has 0 atom stereocenters. The molecular weight excluding hydrogens is 218 g/mol. The molecule has 1 aromatic heterocycles. The molecule has 1 aromatic carbocycles. The Morgan fingerprint density at radius 3 is 2.88 bits per heavy atom. The van der Waals surface area contributed by atoms with Crippen LogP contribution in [0.1, 0.15) is 31.1 Å². The lowest BCUT2D eigenvalue weighted by Crippen LogP contribution is -2.33. The number of benzene rings is 1. The van der Waals surface area contributed by atoms with E-state index in [0.717, 1.165) is 11.0 Å². The second-order valence-electron chi connectivity index (χ2n) is 4.78. The number of aromatic amines is 1. The number of hydroxylamine groups is 1. The van der Waals surface area contributed by atoms with Crippen molar-refractivity contribution >= 4 is 16.9 Å². The van der Waals surface area contributed by atoms with E-state index >= 15 is 0 Å². The minimum Gasteiger partial charge on any atom is -0.345 e. The number of hydrogen-bond donors (Lipinski definition) is 2. The highest BCUT2D eigenvalue weighted by Gasteiger charge is 2.14. The van der Waals surface area contributed by atoms with Crippen molar-refractivity contribution < 1.29 is 9.63 Å². The Balaban J connectivity index is 2.13. The van der Waals surface area contributed by atoms with Gasteiger partial charge in [-0.15, -0.1) is 0 Å². The Morgan fingerprint density at radius 2 is 2.18 bits per heavy atom. The Hall–Kier alpha value is -1.88. The molecule has 0 spiro atoms. The minimum absolute atomic E-state index is 0.267. The first-order valence-electron chi connectivity index (χ1n) is 5.37. The Kier molecular flexibility index (Phi) is 2.85. The number of nitrogens with one attached hydrogen (secondary N) is 2. The van der Waals surface area contributed by atoms with Crippen LogP contribution in [0.2, 0.25) is 0 Å². The molecule has 1 heterocycles. The van der Waals surface area contributed by atoms with Crippen LogP contribution in [0.15, 0.2) is 24.5 Å². The highest BCUT2D eigenvalue weighted by Crippen LogP contribution is 2.12. The van der Waals surface area contributed by atoms with E-state index in [1.54, 1.807) is 24.5 Å². The standard InChI is InChI=1S/C12H15N3O2/c1-12(2,3)17-15-11(16)8-4-5-9-10(6-8)14-7-13-9/h4-7H,1-3H3,(H,13,14)(H,15,16). The highest BCUT2D eigenvalue weighted by atomic mass is 16.7. The molecule has 0 bridgehead atoms. The lowest BCUT2D eigenvalue weighted by Gasteiger charge is -2.18. The molecule has 1 amide bonds. The fourth-order valence-corrected chi connectivity index (χ4v) is 1.34. The predicted molar refractivity (Wildman–Crippen MR) is 64.4 cm³/mol. The highest BCUT2D eigenvalue weighted by molar-refractivity contribution is 5.96. The maximum absolute atomic E-state index is 11.8. The number of amides is 1. The number of carbonyl (C=O) groups excluding carboxylic acids is 1. The van der Waals surface area contributed by atoms with Crippen molar-refractivity contribution in [2.45, 2.75) is 26.4 Å². The summed E-state index contributed by atoms with van der Waals surface area (Å²) in [6.45, 7) is 5.60. The van der Waals surface area contributed by atoms with Crippen LogP contribution < -0.4 is 5.48 Å². The van der Waals surface area contributed by atoms with E-state index in [-0.39, 0.29) is 5.91 Å². The van der Waals surface area contributed by atoms with Gasteiger partial charge >= 0.3 is 0 Å². The molecule has 17 heavy (non-hydrogen) atoms. The number of fused-ring (bicyclic) bond motifs is 1. The Bertz CT molecular complexity index is 540. The van der Waals surface area contributed by atoms with Crippen LogP contribution in [0.4, 0.5) is 0 Å². The molecule has 0 unspecified atom stereocenters. The fourth-order valence-electron chi connectivity index (χ4n) is 1.34. The van der Waals surface area contributed by atoms with Gasteiger partial charge in [-0.3, -0.25) is 9.63 Å².